The van der Waals surface area contributed by atoms with E-state index in [1.165, 1.54) is 36.8 Å². The normalized spacial score (nSPS) is 31.0. The van der Waals surface area contributed by atoms with Crippen LogP contribution in [-0.4, -0.2) is 6.04 Å². The molecule has 0 aliphatic heterocycles. The zero-order valence-corrected chi connectivity index (χ0v) is 10.8. The monoisotopic (exact) mass is 229 g/mol. The van der Waals surface area contributed by atoms with Crippen molar-refractivity contribution in [3.05, 3.63) is 35.4 Å². The molecule has 92 valence electrons. The average molecular weight is 229 g/mol. The van der Waals surface area contributed by atoms with Crippen molar-refractivity contribution in [1.82, 2.24) is 5.32 Å². The highest BCUT2D eigenvalue weighted by Crippen LogP contribution is 2.44. The first-order valence-corrected chi connectivity index (χ1v) is 7.16. The van der Waals surface area contributed by atoms with Gasteiger partial charge in [-0.1, -0.05) is 37.6 Å². The Labute approximate surface area is 105 Å². The summed E-state index contributed by atoms with van der Waals surface area (Å²) >= 11 is 0. The summed E-state index contributed by atoms with van der Waals surface area (Å²) in [6.07, 6.45) is 7.02. The maximum Gasteiger partial charge on any atom is 0.0208 e. The Kier molecular flexibility index (Phi) is 3.19. The first-order valence-electron chi connectivity index (χ1n) is 7.16. The Hall–Kier alpha value is -0.820. The highest BCUT2D eigenvalue weighted by molar-refractivity contribution is 5.22. The molecule has 0 amide bonds. The van der Waals surface area contributed by atoms with E-state index in [2.05, 4.69) is 36.5 Å². The summed E-state index contributed by atoms with van der Waals surface area (Å²) in [5.41, 5.74) is 2.87. The van der Waals surface area contributed by atoms with Crippen LogP contribution >= 0.6 is 0 Å². The van der Waals surface area contributed by atoms with Crippen LogP contribution in [0, 0.1) is 11.8 Å². The lowest BCUT2D eigenvalue weighted by atomic mass is 9.95. The van der Waals surface area contributed by atoms with Crippen molar-refractivity contribution in [1.29, 1.82) is 0 Å². The Bertz CT molecular complexity index is 368. The largest absolute Gasteiger partial charge is 0.310 e. The molecule has 17 heavy (non-hydrogen) atoms. The molecule has 3 atom stereocenters. The number of hydrogen-bond acceptors (Lipinski definition) is 1. The molecule has 2 aliphatic rings. The summed E-state index contributed by atoms with van der Waals surface area (Å²) in [5, 5.41) is 3.77. The van der Waals surface area contributed by atoms with Gasteiger partial charge in [0.25, 0.3) is 0 Å². The van der Waals surface area contributed by atoms with E-state index in [0.717, 1.165) is 30.8 Å². The van der Waals surface area contributed by atoms with Gasteiger partial charge >= 0.3 is 0 Å². The molecule has 0 aromatic heterocycles. The Morgan fingerprint density at radius 2 is 1.82 bits per heavy atom. The van der Waals surface area contributed by atoms with Crippen molar-refractivity contribution in [2.75, 3.05) is 0 Å². The molecule has 2 aliphatic carbocycles. The van der Waals surface area contributed by atoms with E-state index in [9.17, 15) is 0 Å². The van der Waals surface area contributed by atoms with Crippen molar-refractivity contribution < 1.29 is 0 Å². The lowest BCUT2D eigenvalue weighted by Crippen LogP contribution is -2.33. The van der Waals surface area contributed by atoms with Gasteiger partial charge < -0.3 is 5.32 Å². The zero-order chi connectivity index (χ0) is 11.7. The van der Waals surface area contributed by atoms with Crippen LogP contribution in [0.4, 0.5) is 0 Å². The standard InChI is InChI=1S/C16H23N/c1-2-12-3-5-13(6-4-12)11-17-16-10-14-7-8-15(16)9-14/h3-6,14-17H,2,7-11H2,1H3. The number of benzene rings is 1. The van der Waals surface area contributed by atoms with Crippen LogP contribution in [0.25, 0.3) is 0 Å². The molecule has 2 saturated carbocycles. The van der Waals surface area contributed by atoms with Crippen molar-refractivity contribution in [2.24, 2.45) is 11.8 Å². The fourth-order valence-corrected chi connectivity index (χ4v) is 3.64. The minimum absolute atomic E-state index is 0.805. The summed E-state index contributed by atoms with van der Waals surface area (Å²) in [7, 11) is 0. The summed E-state index contributed by atoms with van der Waals surface area (Å²) in [5.74, 6) is 2.02. The zero-order valence-electron chi connectivity index (χ0n) is 10.8. The van der Waals surface area contributed by atoms with E-state index >= 15 is 0 Å². The van der Waals surface area contributed by atoms with Gasteiger partial charge in [0.2, 0.25) is 0 Å². The van der Waals surface area contributed by atoms with Gasteiger partial charge in [0.05, 0.1) is 0 Å². The first-order chi connectivity index (χ1) is 8.35. The Morgan fingerprint density at radius 3 is 2.41 bits per heavy atom. The minimum Gasteiger partial charge on any atom is -0.310 e. The van der Waals surface area contributed by atoms with Crippen LogP contribution in [-0.2, 0) is 13.0 Å². The van der Waals surface area contributed by atoms with Crippen LogP contribution < -0.4 is 5.32 Å². The summed E-state index contributed by atoms with van der Waals surface area (Å²) in [4.78, 5) is 0. The predicted octanol–water partition coefficient (Wildman–Crippen LogP) is 3.53. The van der Waals surface area contributed by atoms with Crippen LogP contribution in [0.15, 0.2) is 24.3 Å². The summed E-state index contributed by atoms with van der Waals surface area (Å²) in [6.45, 7) is 3.26. The van der Waals surface area contributed by atoms with Gasteiger partial charge in [0, 0.05) is 12.6 Å². The molecule has 2 fully saturated rings. The number of rotatable bonds is 4. The maximum absolute atomic E-state index is 3.77. The molecule has 1 heteroatoms. The van der Waals surface area contributed by atoms with E-state index in [1.54, 1.807) is 0 Å². The van der Waals surface area contributed by atoms with Crippen molar-refractivity contribution in [3.8, 4) is 0 Å². The van der Waals surface area contributed by atoms with Crippen LogP contribution in [0.3, 0.4) is 0 Å². The lowest BCUT2D eigenvalue weighted by molar-refractivity contribution is 0.351. The quantitative estimate of drug-likeness (QED) is 0.833. The molecule has 3 unspecified atom stereocenters. The molecule has 1 aromatic carbocycles. The third kappa shape index (κ3) is 2.40. The van der Waals surface area contributed by atoms with Gasteiger partial charge in [0.1, 0.15) is 0 Å². The Morgan fingerprint density at radius 1 is 1.06 bits per heavy atom. The number of hydrogen-bond donors (Lipinski definition) is 1. The number of nitrogens with one attached hydrogen (secondary N) is 1. The SMILES string of the molecule is CCc1ccc(CNC2CC3CCC2C3)cc1. The molecule has 1 nitrogen and oxygen atoms in total. The molecular formula is C16H23N. The highest BCUT2D eigenvalue weighted by atomic mass is 14.9. The molecule has 1 N–H and O–H groups in total. The van der Waals surface area contributed by atoms with Crippen LogP contribution in [0.2, 0.25) is 0 Å². The fraction of sp³-hybridized carbons (Fsp3) is 0.625. The lowest BCUT2D eigenvalue weighted by Gasteiger charge is -2.23. The van der Waals surface area contributed by atoms with Gasteiger partial charge in [-0.3, -0.25) is 0 Å². The van der Waals surface area contributed by atoms with E-state index in [1.807, 2.05) is 0 Å². The van der Waals surface area contributed by atoms with E-state index in [0.29, 0.717) is 0 Å². The van der Waals surface area contributed by atoms with E-state index in [4.69, 9.17) is 0 Å². The predicted molar refractivity (Wildman–Crippen MR) is 71.9 cm³/mol. The van der Waals surface area contributed by atoms with E-state index in [-0.39, 0.29) is 0 Å². The van der Waals surface area contributed by atoms with Gasteiger partial charge in [-0.2, -0.15) is 0 Å². The second-order valence-corrected chi connectivity index (χ2v) is 5.83. The van der Waals surface area contributed by atoms with Gasteiger partial charge in [-0.15, -0.1) is 0 Å². The van der Waals surface area contributed by atoms with E-state index < -0.39 is 0 Å². The summed E-state index contributed by atoms with van der Waals surface area (Å²) in [6, 6.07) is 9.88. The smallest absolute Gasteiger partial charge is 0.0208 e. The number of aryl methyl sites for hydroxylation is 1. The van der Waals surface area contributed by atoms with Crippen molar-refractivity contribution in [3.63, 3.8) is 0 Å². The molecule has 0 heterocycles. The van der Waals surface area contributed by atoms with Crippen molar-refractivity contribution >= 4 is 0 Å². The minimum atomic E-state index is 0.805. The topological polar surface area (TPSA) is 12.0 Å². The Balaban J connectivity index is 1.53. The third-order valence-corrected chi connectivity index (χ3v) is 4.74. The highest BCUT2D eigenvalue weighted by Gasteiger charge is 2.38. The first kappa shape index (κ1) is 11.3. The van der Waals surface area contributed by atoms with Crippen LogP contribution in [0.1, 0.15) is 43.7 Å². The number of fused-ring (bicyclic) bond motifs is 2. The van der Waals surface area contributed by atoms with Gasteiger partial charge in [-0.25, -0.2) is 0 Å². The second kappa shape index (κ2) is 4.81. The van der Waals surface area contributed by atoms with Gasteiger partial charge in [0.15, 0.2) is 0 Å². The molecule has 0 spiro atoms. The fourth-order valence-electron chi connectivity index (χ4n) is 3.64. The molecule has 3 rings (SSSR count). The molecular weight excluding hydrogens is 206 g/mol. The molecule has 1 aromatic rings. The molecule has 0 saturated heterocycles. The third-order valence-electron chi connectivity index (χ3n) is 4.74. The average Bonchev–Trinajstić information content (AvgIpc) is 2.99. The summed E-state index contributed by atoms with van der Waals surface area (Å²) < 4.78 is 0. The second-order valence-electron chi connectivity index (χ2n) is 5.83. The van der Waals surface area contributed by atoms with Crippen molar-refractivity contribution in [2.45, 2.75) is 51.6 Å². The molecule has 0 radical (unpaired) electrons. The molecule has 2 bridgehead atoms. The maximum atomic E-state index is 3.77. The van der Waals surface area contributed by atoms with Gasteiger partial charge in [-0.05, 0) is 48.6 Å². The van der Waals surface area contributed by atoms with Crippen LogP contribution in [0.5, 0.6) is 0 Å².